The summed E-state index contributed by atoms with van der Waals surface area (Å²) in [5, 5.41) is 0.845. The van der Waals surface area contributed by atoms with Crippen molar-refractivity contribution in [1.29, 1.82) is 0 Å². The molecule has 0 saturated carbocycles. The lowest BCUT2D eigenvalue weighted by Crippen LogP contribution is -2.16. The summed E-state index contributed by atoms with van der Waals surface area (Å²) in [6, 6.07) is 20.9. The number of carbonyl (C=O) groups excluding carboxylic acids is 1. The van der Waals surface area contributed by atoms with E-state index in [0.717, 1.165) is 5.56 Å². The molecule has 4 rings (SSSR count). The van der Waals surface area contributed by atoms with Crippen molar-refractivity contribution in [3.8, 4) is 17.1 Å². The fraction of sp³-hybridized carbons (Fsp3) is 0.154. The monoisotopic (exact) mass is 432 g/mol. The summed E-state index contributed by atoms with van der Waals surface area (Å²) < 4.78 is 11.6. The minimum atomic E-state index is -0.660. The van der Waals surface area contributed by atoms with Crippen LogP contribution < -0.4 is 10.2 Å². The lowest BCUT2D eigenvalue weighted by Gasteiger charge is -2.19. The van der Waals surface area contributed by atoms with E-state index in [0.29, 0.717) is 21.6 Å². The second-order valence-corrected chi connectivity index (χ2v) is 8.75. The average molecular weight is 433 g/mol. The smallest absolute Gasteiger partial charge is 0.343 e. The number of carbonyl (C=O) groups is 1. The molecule has 1 heterocycles. The minimum absolute atomic E-state index is 0.0212. The van der Waals surface area contributed by atoms with Gasteiger partial charge >= 0.3 is 5.97 Å². The molecule has 0 aliphatic carbocycles. The molecule has 0 N–H and O–H groups in total. The summed E-state index contributed by atoms with van der Waals surface area (Å²) in [7, 11) is 0. The van der Waals surface area contributed by atoms with E-state index >= 15 is 0 Å². The Morgan fingerprint density at radius 2 is 1.55 bits per heavy atom. The van der Waals surface area contributed by atoms with Gasteiger partial charge in [0.15, 0.2) is 5.76 Å². The van der Waals surface area contributed by atoms with Crippen LogP contribution in [0, 0.1) is 0 Å². The van der Waals surface area contributed by atoms with Gasteiger partial charge in [-0.1, -0.05) is 68.8 Å². The van der Waals surface area contributed by atoms with Crippen molar-refractivity contribution < 1.29 is 13.9 Å². The van der Waals surface area contributed by atoms with Gasteiger partial charge in [-0.05, 0) is 47.4 Å². The van der Waals surface area contributed by atoms with E-state index < -0.39 is 11.4 Å². The van der Waals surface area contributed by atoms with Crippen molar-refractivity contribution in [1.82, 2.24) is 0 Å². The SMILES string of the molecule is CC(C)(C)c1ccc(-c2oc3ccccc3c(=O)c2OC(=O)c2ccc(Cl)cc2)cc1. The largest absolute Gasteiger partial charge is 0.452 e. The molecular weight excluding hydrogens is 412 g/mol. The van der Waals surface area contributed by atoms with Crippen LogP contribution in [0.3, 0.4) is 0 Å². The first-order valence-corrected chi connectivity index (χ1v) is 10.3. The first kappa shape index (κ1) is 20.9. The predicted molar refractivity (Wildman–Crippen MR) is 123 cm³/mol. The molecule has 0 bridgehead atoms. The minimum Gasteiger partial charge on any atom is -0.452 e. The number of fused-ring (bicyclic) bond motifs is 1. The molecule has 3 aromatic carbocycles. The lowest BCUT2D eigenvalue weighted by molar-refractivity contribution is 0.0731. The summed E-state index contributed by atoms with van der Waals surface area (Å²) in [5.74, 6) is -0.583. The maximum Gasteiger partial charge on any atom is 0.343 e. The van der Waals surface area contributed by atoms with Crippen molar-refractivity contribution in [3.63, 3.8) is 0 Å². The Morgan fingerprint density at radius 1 is 0.903 bits per heavy atom. The quantitative estimate of drug-likeness (QED) is 0.341. The van der Waals surface area contributed by atoms with Crippen molar-refractivity contribution in [2.45, 2.75) is 26.2 Å². The van der Waals surface area contributed by atoms with Crippen molar-refractivity contribution in [2.24, 2.45) is 0 Å². The van der Waals surface area contributed by atoms with Crippen LogP contribution in [0.1, 0.15) is 36.7 Å². The van der Waals surface area contributed by atoms with Gasteiger partial charge in [0.05, 0.1) is 10.9 Å². The van der Waals surface area contributed by atoms with Gasteiger partial charge in [0, 0.05) is 10.6 Å². The number of benzene rings is 3. The molecule has 0 unspecified atom stereocenters. The maximum absolute atomic E-state index is 13.2. The van der Waals surface area contributed by atoms with E-state index in [4.69, 9.17) is 20.8 Å². The summed E-state index contributed by atoms with van der Waals surface area (Å²) in [6.07, 6.45) is 0. The van der Waals surface area contributed by atoms with Crippen LogP contribution in [-0.4, -0.2) is 5.97 Å². The number of hydrogen-bond acceptors (Lipinski definition) is 4. The molecule has 0 amide bonds. The second kappa shape index (κ2) is 8.05. The normalized spacial score (nSPS) is 11.5. The summed E-state index contributed by atoms with van der Waals surface area (Å²) in [5.41, 5.74) is 2.07. The van der Waals surface area contributed by atoms with E-state index in [2.05, 4.69) is 20.8 Å². The van der Waals surface area contributed by atoms with Gasteiger partial charge in [-0.25, -0.2) is 4.79 Å². The molecule has 1 aromatic heterocycles. The number of halogens is 1. The van der Waals surface area contributed by atoms with E-state index in [9.17, 15) is 9.59 Å². The van der Waals surface area contributed by atoms with Crippen molar-refractivity contribution in [2.75, 3.05) is 0 Å². The zero-order chi connectivity index (χ0) is 22.2. The van der Waals surface area contributed by atoms with Gasteiger partial charge in [-0.2, -0.15) is 0 Å². The zero-order valence-electron chi connectivity index (χ0n) is 17.4. The molecule has 156 valence electrons. The number of ether oxygens (including phenoxy) is 1. The van der Waals surface area contributed by atoms with Crippen LogP contribution in [0.5, 0.6) is 5.75 Å². The molecule has 4 aromatic rings. The highest BCUT2D eigenvalue weighted by Crippen LogP contribution is 2.33. The van der Waals surface area contributed by atoms with Gasteiger partial charge in [0.2, 0.25) is 11.2 Å². The van der Waals surface area contributed by atoms with Crippen LogP contribution >= 0.6 is 11.6 Å². The Balaban J connectivity index is 1.85. The van der Waals surface area contributed by atoms with Gasteiger partial charge in [-0.15, -0.1) is 0 Å². The maximum atomic E-state index is 13.2. The van der Waals surface area contributed by atoms with Crippen LogP contribution in [0.4, 0.5) is 0 Å². The average Bonchev–Trinajstić information content (AvgIpc) is 2.75. The molecule has 0 aliphatic rings. The predicted octanol–water partition coefficient (Wildman–Crippen LogP) is 6.63. The molecular formula is C26H21ClO4. The van der Waals surface area contributed by atoms with E-state index in [-0.39, 0.29) is 22.5 Å². The van der Waals surface area contributed by atoms with Crippen molar-refractivity contribution >= 4 is 28.5 Å². The number of rotatable bonds is 3. The first-order valence-electron chi connectivity index (χ1n) is 9.88. The van der Waals surface area contributed by atoms with Crippen LogP contribution in [0.15, 0.2) is 82.0 Å². The number of esters is 1. The fourth-order valence-corrected chi connectivity index (χ4v) is 3.39. The van der Waals surface area contributed by atoms with Crippen molar-refractivity contribution in [3.05, 3.63) is 99.2 Å². The van der Waals surface area contributed by atoms with E-state index in [1.54, 1.807) is 48.5 Å². The summed E-state index contributed by atoms with van der Waals surface area (Å²) >= 11 is 5.90. The topological polar surface area (TPSA) is 56.5 Å². The molecule has 0 aliphatic heterocycles. The third-order valence-corrected chi connectivity index (χ3v) is 5.30. The molecule has 0 atom stereocenters. The van der Waals surface area contributed by atoms with Gasteiger partial charge in [0.25, 0.3) is 0 Å². The number of para-hydroxylation sites is 1. The highest BCUT2D eigenvalue weighted by atomic mass is 35.5. The summed E-state index contributed by atoms with van der Waals surface area (Å²) in [4.78, 5) is 25.9. The van der Waals surface area contributed by atoms with Gasteiger partial charge in [0.1, 0.15) is 5.58 Å². The van der Waals surface area contributed by atoms with Crippen LogP contribution in [0.2, 0.25) is 5.02 Å². The Hall–Kier alpha value is -3.37. The van der Waals surface area contributed by atoms with Gasteiger partial charge in [-0.3, -0.25) is 4.79 Å². The highest BCUT2D eigenvalue weighted by molar-refractivity contribution is 6.30. The third-order valence-electron chi connectivity index (χ3n) is 5.04. The fourth-order valence-electron chi connectivity index (χ4n) is 3.27. The molecule has 31 heavy (non-hydrogen) atoms. The Morgan fingerprint density at radius 3 is 2.19 bits per heavy atom. The Labute approximate surface area is 185 Å². The zero-order valence-corrected chi connectivity index (χ0v) is 18.2. The Bertz CT molecular complexity index is 1310. The number of hydrogen-bond donors (Lipinski definition) is 0. The molecule has 0 spiro atoms. The molecule has 0 fully saturated rings. The van der Waals surface area contributed by atoms with E-state index in [1.807, 2.05) is 24.3 Å². The first-order chi connectivity index (χ1) is 14.7. The van der Waals surface area contributed by atoms with Gasteiger partial charge < -0.3 is 9.15 Å². The van der Waals surface area contributed by atoms with E-state index in [1.165, 1.54) is 0 Å². The Kier molecular flexibility index (Phi) is 5.42. The lowest BCUT2D eigenvalue weighted by atomic mass is 9.86. The highest BCUT2D eigenvalue weighted by Gasteiger charge is 2.22. The van der Waals surface area contributed by atoms with Crippen LogP contribution in [0.25, 0.3) is 22.3 Å². The molecule has 5 heteroatoms. The second-order valence-electron chi connectivity index (χ2n) is 8.31. The van der Waals surface area contributed by atoms with Crippen LogP contribution in [-0.2, 0) is 5.41 Å². The standard InChI is InChI=1S/C26H21ClO4/c1-26(2,3)18-12-8-16(9-13-18)23-24(22(28)20-6-4-5-7-21(20)30-23)31-25(29)17-10-14-19(27)15-11-17/h4-15H,1-3H3. The molecule has 0 saturated heterocycles. The molecule has 0 radical (unpaired) electrons. The summed E-state index contributed by atoms with van der Waals surface area (Å²) in [6.45, 7) is 6.37. The molecule has 4 nitrogen and oxygen atoms in total. The third kappa shape index (κ3) is 4.25.